The Kier molecular flexibility index (Phi) is 6.00. The number of nitrogens with one attached hydrogen (secondary N) is 4. The SMILES string of the molecule is CNC(=O)C(NCCCCN)(Nc1ncc2cc[nH]c2n1)c1ccccc1. The van der Waals surface area contributed by atoms with Gasteiger partial charge in [0.05, 0.1) is 0 Å². The van der Waals surface area contributed by atoms with E-state index in [0.29, 0.717) is 24.7 Å². The molecule has 0 aliphatic carbocycles. The zero-order valence-electron chi connectivity index (χ0n) is 15.3. The molecule has 142 valence electrons. The van der Waals surface area contributed by atoms with E-state index in [0.717, 1.165) is 23.8 Å². The van der Waals surface area contributed by atoms with E-state index >= 15 is 0 Å². The van der Waals surface area contributed by atoms with Crippen molar-refractivity contribution in [2.24, 2.45) is 5.73 Å². The van der Waals surface area contributed by atoms with Gasteiger partial charge >= 0.3 is 0 Å². The Bertz CT molecular complexity index is 880. The summed E-state index contributed by atoms with van der Waals surface area (Å²) in [6.45, 7) is 1.22. The normalized spacial score (nSPS) is 13.3. The second-order valence-corrected chi connectivity index (χ2v) is 6.22. The standard InChI is InChI=1S/C19H25N7O/c1-21-17(27)19(24-11-6-5-10-20,15-7-3-2-4-8-15)26-18-23-13-14-9-12-22-16(14)25-18/h2-4,7-9,12-13,24H,5-6,10-11,20H2,1H3,(H,21,27)(H2,22,23,25,26). The molecule has 6 N–H and O–H groups in total. The van der Waals surface area contributed by atoms with Gasteiger partial charge in [0.15, 0.2) is 5.66 Å². The molecule has 3 rings (SSSR count). The maximum absolute atomic E-state index is 13.0. The summed E-state index contributed by atoms with van der Waals surface area (Å²) in [4.78, 5) is 24.9. The number of nitrogens with zero attached hydrogens (tertiary/aromatic N) is 2. The first-order chi connectivity index (χ1) is 13.2. The van der Waals surface area contributed by atoms with Gasteiger partial charge in [0.2, 0.25) is 5.95 Å². The summed E-state index contributed by atoms with van der Waals surface area (Å²) >= 11 is 0. The fourth-order valence-corrected chi connectivity index (χ4v) is 2.97. The van der Waals surface area contributed by atoms with E-state index in [9.17, 15) is 4.79 Å². The Hall–Kier alpha value is -2.97. The predicted molar refractivity (Wildman–Crippen MR) is 106 cm³/mol. The molecule has 0 radical (unpaired) electrons. The van der Waals surface area contributed by atoms with Crippen LogP contribution in [-0.2, 0) is 10.5 Å². The third-order valence-electron chi connectivity index (χ3n) is 4.39. The maximum atomic E-state index is 13.0. The second-order valence-electron chi connectivity index (χ2n) is 6.22. The van der Waals surface area contributed by atoms with E-state index in [1.54, 1.807) is 19.4 Å². The Morgan fingerprint density at radius 3 is 2.78 bits per heavy atom. The Morgan fingerprint density at radius 1 is 1.22 bits per heavy atom. The monoisotopic (exact) mass is 367 g/mol. The molecule has 0 spiro atoms. The van der Waals surface area contributed by atoms with Gasteiger partial charge in [-0.2, -0.15) is 4.98 Å². The molecule has 1 aromatic carbocycles. The number of aromatic nitrogens is 3. The highest BCUT2D eigenvalue weighted by molar-refractivity contribution is 5.90. The largest absolute Gasteiger partial charge is 0.356 e. The van der Waals surface area contributed by atoms with Gasteiger partial charge < -0.3 is 21.4 Å². The van der Waals surface area contributed by atoms with Crippen molar-refractivity contribution in [2.75, 3.05) is 25.5 Å². The molecule has 0 fully saturated rings. The molecule has 0 aliphatic heterocycles. The molecule has 0 bridgehead atoms. The van der Waals surface area contributed by atoms with Crippen LogP contribution in [0.15, 0.2) is 48.8 Å². The van der Waals surface area contributed by atoms with Gasteiger partial charge in [0.25, 0.3) is 5.91 Å². The van der Waals surface area contributed by atoms with Gasteiger partial charge in [0.1, 0.15) is 5.65 Å². The van der Waals surface area contributed by atoms with E-state index in [4.69, 9.17) is 5.73 Å². The van der Waals surface area contributed by atoms with Crippen LogP contribution in [0.25, 0.3) is 11.0 Å². The van der Waals surface area contributed by atoms with Gasteiger partial charge in [0, 0.05) is 30.4 Å². The summed E-state index contributed by atoms with van der Waals surface area (Å²) in [5.41, 5.74) is 5.87. The zero-order chi connectivity index (χ0) is 19.1. The van der Waals surface area contributed by atoms with Crippen LogP contribution >= 0.6 is 0 Å². The number of anilines is 1. The number of fused-ring (bicyclic) bond motifs is 1. The number of nitrogens with two attached hydrogens (primary N) is 1. The third-order valence-corrected chi connectivity index (χ3v) is 4.39. The fourth-order valence-electron chi connectivity index (χ4n) is 2.97. The summed E-state index contributed by atoms with van der Waals surface area (Å²) in [5.74, 6) is 0.125. The summed E-state index contributed by atoms with van der Waals surface area (Å²) in [5, 5.41) is 10.2. The van der Waals surface area contributed by atoms with Gasteiger partial charge in [-0.3, -0.25) is 10.1 Å². The van der Waals surface area contributed by atoms with Gasteiger partial charge in [-0.1, -0.05) is 30.3 Å². The fraction of sp³-hybridized carbons (Fsp3) is 0.316. The van der Waals surface area contributed by atoms with Crippen molar-refractivity contribution in [3.05, 3.63) is 54.4 Å². The van der Waals surface area contributed by atoms with Gasteiger partial charge in [-0.05, 0) is 32.0 Å². The van der Waals surface area contributed by atoms with E-state index in [-0.39, 0.29) is 5.91 Å². The number of H-pyrrole nitrogens is 1. The van der Waals surface area contributed by atoms with E-state index < -0.39 is 5.66 Å². The molecule has 1 atom stereocenters. The van der Waals surface area contributed by atoms with Crippen molar-refractivity contribution in [1.82, 2.24) is 25.6 Å². The van der Waals surface area contributed by atoms with Crippen LogP contribution in [0, 0.1) is 0 Å². The molecule has 1 amide bonds. The first-order valence-corrected chi connectivity index (χ1v) is 9.00. The molecule has 2 heterocycles. The molecule has 1 unspecified atom stereocenters. The summed E-state index contributed by atoms with van der Waals surface area (Å²) in [6, 6.07) is 11.4. The lowest BCUT2D eigenvalue weighted by atomic mass is 9.97. The number of hydrogen-bond acceptors (Lipinski definition) is 6. The Balaban J connectivity index is 1.98. The number of carbonyl (C=O) groups is 1. The van der Waals surface area contributed by atoms with Crippen molar-refractivity contribution in [3.63, 3.8) is 0 Å². The highest BCUT2D eigenvalue weighted by atomic mass is 16.2. The van der Waals surface area contributed by atoms with Crippen molar-refractivity contribution in [2.45, 2.75) is 18.5 Å². The molecule has 8 nitrogen and oxygen atoms in total. The third kappa shape index (κ3) is 4.07. The highest BCUT2D eigenvalue weighted by Gasteiger charge is 2.40. The quantitative estimate of drug-likeness (QED) is 0.287. The molecule has 27 heavy (non-hydrogen) atoms. The van der Waals surface area contributed by atoms with Crippen LogP contribution in [-0.4, -0.2) is 41.0 Å². The molecular formula is C19H25N7O. The van der Waals surface area contributed by atoms with Crippen LogP contribution < -0.4 is 21.7 Å². The summed E-state index contributed by atoms with van der Waals surface area (Å²) < 4.78 is 0. The average Bonchev–Trinajstić information content (AvgIpc) is 3.18. The molecule has 2 aromatic heterocycles. The lowest BCUT2D eigenvalue weighted by Crippen LogP contribution is -2.59. The number of likely N-dealkylation sites (N-methyl/N-ethyl adjacent to an activating group) is 1. The van der Waals surface area contributed by atoms with Crippen molar-refractivity contribution in [1.29, 1.82) is 0 Å². The lowest BCUT2D eigenvalue weighted by Gasteiger charge is -2.34. The van der Waals surface area contributed by atoms with E-state index in [1.165, 1.54) is 0 Å². The zero-order valence-corrected chi connectivity index (χ0v) is 15.3. The van der Waals surface area contributed by atoms with Crippen LogP contribution in [0.5, 0.6) is 0 Å². The number of benzene rings is 1. The van der Waals surface area contributed by atoms with Crippen LogP contribution in [0.1, 0.15) is 18.4 Å². The van der Waals surface area contributed by atoms with Crippen molar-refractivity contribution < 1.29 is 4.79 Å². The Labute approximate surface area is 158 Å². The van der Waals surface area contributed by atoms with Gasteiger partial charge in [-0.25, -0.2) is 4.98 Å². The molecule has 0 aliphatic rings. The molecule has 0 saturated carbocycles. The molecule has 8 heteroatoms. The summed E-state index contributed by atoms with van der Waals surface area (Å²) in [6.07, 6.45) is 5.24. The predicted octanol–water partition coefficient (Wildman–Crippen LogP) is 1.30. The van der Waals surface area contributed by atoms with Crippen LogP contribution in [0.2, 0.25) is 0 Å². The Morgan fingerprint density at radius 2 is 2.04 bits per heavy atom. The first kappa shape index (κ1) is 18.8. The topological polar surface area (TPSA) is 121 Å². The smallest absolute Gasteiger partial charge is 0.265 e. The number of carbonyl (C=O) groups excluding carboxylic acids is 1. The molecular weight excluding hydrogens is 342 g/mol. The number of unbranched alkanes of at least 4 members (excludes halogenated alkanes) is 1. The minimum atomic E-state index is -1.20. The number of rotatable bonds is 9. The maximum Gasteiger partial charge on any atom is 0.265 e. The number of aromatic amines is 1. The molecule has 3 aromatic rings. The second kappa shape index (κ2) is 8.61. The number of hydrogen-bond donors (Lipinski definition) is 5. The number of amides is 1. The average molecular weight is 367 g/mol. The highest BCUT2D eigenvalue weighted by Crippen LogP contribution is 2.24. The first-order valence-electron chi connectivity index (χ1n) is 9.00. The van der Waals surface area contributed by atoms with E-state index in [1.807, 2.05) is 36.4 Å². The van der Waals surface area contributed by atoms with Gasteiger partial charge in [-0.15, -0.1) is 0 Å². The van der Waals surface area contributed by atoms with Crippen LogP contribution in [0.3, 0.4) is 0 Å². The van der Waals surface area contributed by atoms with E-state index in [2.05, 4.69) is 30.9 Å². The summed E-state index contributed by atoms with van der Waals surface area (Å²) in [7, 11) is 1.61. The minimum absolute atomic E-state index is 0.225. The molecule has 0 saturated heterocycles. The minimum Gasteiger partial charge on any atom is -0.356 e. The van der Waals surface area contributed by atoms with Crippen LogP contribution in [0.4, 0.5) is 5.95 Å². The lowest BCUT2D eigenvalue weighted by molar-refractivity contribution is -0.126. The van der Waals surface area contributed by atoms with Crippen molar-refractivity contribution in [3.8, 4) is 0 Å². The van der Waals surface area contributed by atoms with Crippen molar-refractivity contribution >= 4 is 22.9 Å².